The molecule has 0 aliphatic carbocycles. The SMILES string of the molecule is CCNC(=O)[C@@H](CC)N(Cc1c(Cl)cccc1Cl)C(=O)CN(c1cccc(Cl)c1C)S(C)(=O)=O. The van der Waals surface area contributed by atoms with Gasteiger partial charge < -0.3 is 10.2 Å². The van der Waals surface area contributed by atoms with E-state index >= 15 is 0 Å². The van der Waals surface area contributed by atoms with Gasteiger partial charge in [-0.05, 0) is 50.1 Å². The van der Waals surface area contributed by atoms with Crippen LogP contribution in [0.4, 0.5) is 5.69 Å². The second kappa shape index (κ2) is 12.1. The number of halogens is 3. The Bertz CT molecular complexity index is 1140. The van der Waals surface area contributed by atoms with Gasteiger partial charge in [0.1, 0.15) is 12.6 Å². The summed E-state index contributed by atoms with van der Waals surface area (Å²) in [6.45, 7) is 4.99. The van der Waals surface area contributed by atoms with Gasteiger partial charge >= 0.3 is 0 Å². The zero-order valence-corrected chi connectivity index (χ0v) is 22.5. The van der Waals surface area contributed by atoms with E-state index in [9.17, 15) is 18.0 Å². The Morgan fingerprint density at radius 1 is 1.00 bits per heavy atom. The zero-order chi connectivity index (χ0) is 25.6. The molecule has 0 fully saturated rings. The Kier molecular flexibility index (Phi) is 10.1. The van der Waals surface area contributed by atoms with Crippen LogP contribution in [0.15, 0.2) is 36.4 Å². The molecule has 11 heteroatoms. The maximum atomic E-state index is 13.6. The van der Waals surface area contributed by atoms with E-state index in [1.54, 1.807) is 57.2 Å². The summed E-state index contributed by atoms with van der Waals surface area (Å²) in [5.74, 6) is -0.940. The van der Waals surface area contributed by atoms with Crippen molar-refractivity contribution in [1.29, 1.82) is 0 Å². The highest BCUT2D eigenvalue weighted by Crippen LogP contribution is 2.30. The molecule has 0 spiro atoms. The van der Waals surface area contributed by atoms with Crippen LogP contribution in [-0.4, -0.2) is 50.5 Å². The minimum absolute atomic E-state index is 0.0703. The summed E-state index contributed by atoms with van der Waals surface area (Å²) >= 11 is 18.9. The number of carbonyl (C=O) groups excluding carboxylic acids is 2. The van der Waals surface area contributed by atoms with Gasteiger partial charge in [-0.2, -0.15) is 0 Å². The second-order valence-corrected chi connectivity index (χ2v) is 10.8. The van der Waals surface area contributed by atoms with Gasteiger partial charge in [-0.15, -0.1) is 0 Å². The average molecular weight is 549 g/mol. The highest BCUT2D eigenvalue weighted by Gasteiger charge is 2.32. The third-order valence-electron chi connectivity index (χ3n) is 5.31. The predicted molar refractivity (Wildman–Crippen MR) is 138 cm³/mol. The molecule has 0 radical (unpaired) electrons. The van der Waals surface area contributed by atoms with Crippen molar-refractivity contribution in [3.8, 4) is 0 Å². The lowest BCUT2D eigenvalue weighted by Crippen LogP contribution is -2.52. The van der Waals surface area contributed by atoms with E-state index in [0.717, 1.165) is 10.6 Å². The molecular formula is C23H28Cl3N3O4S. The number of anilines is 1. The predicted octanol–water partition coefficient (Wildman–Crippen LogP) is 4.66. The summed E-state index contributed by atoms with van der Waals surface area (Å²) in [6, 6.07) is 8.91. The third-order valence-corrected chi connectivity index (χ3v) is 7.56. The quantitative estimate of drug-likeness (QED) is 0.468. The topological polar surface area (TPSA) is 86.8 Å². The van der Waals surface area contributed by atoms with Gasteiger partial charge in [-0.1, -0.05) is 53.9 Å². The summed E-state index contributed by atoms with van der Waals surface area (Å²) in [7, 11) is -3.86. The summed E-state index contributed by atoms with van der Waals surface area (Å²) < 4.78 is 26.4. The van der Waals surface area contributed by atoms with E-state index in [1.165, 1.54) is 4.90 Å². The van der Waals surface area contributed by atoms with Gasteiger partial charge in [0.25, 0.3) is 0 Å². The molecule has 7 nitrogen and oxygen atoms in total. The first-order chi connectivity index (χ1) is 15.9. The molecule has 2 aromatic carbocycles. The average Bonchev–Trinajstić information content (AvgIpc) is 2.75. The number of benzene rings is 2. The molecule has 1 atom stereocenters. The molecule has 0 saturated carbocycles. The van der Waals surface area contributed by atoms with Crippen LogP contribution in [0.5, 0.6) is 0 Å². The largest absolute Gasteiger partial charge is 0.355 e. The summed E-state index contributed by atoms with van der Waals surface area (Å²) in [6.07, 6.45) is 1.31. The minimum Gasteiger partial charge on any atom is -0.355 e. The van der Waals surface area contributed by atoms with Crippen LogP contribution in [0, 0.1) is 6.92 Å². The fraction of sp³-hybridized carbons (Fsp3) is 0.391. The van der Waals surface area contributed by atoms with Crippen LogP contribution >= 0.6 is 34.8 Å². The Balaban J connectivity index is 2.54. The van der Waals surface area contributed by atoms with Crippen molar-refractivity contribution in [2.75, 3.05) is 23.7 Å². The standard InChI is InChI=1S/C23H28Cl3N3O4S/c1-5-20(23(31)27-6-2)28(13-16-18(25)10-7-11-19(16)26)22(30)14-29(34(4,32)33)21-12-8-9-17(24)15(21)3/h7-12,20H,5-6,13-14H2,1-4H3,(H,27,31)/t20-/m1/s1. The summed E-state index contributed by atoms with van der Waals surface area (Å²) in [4.78, 5) is 27.8. The molecule has 186 valence electrons. The lowest BCUT2D eigenvalue weighted by atomic mass is 10.1. The van der Waals surface area contributed by atoms with Gasteiger partial charge in [0.05, 0.1) is 11.9 Å². The number of sulfonamides is 1. The maximum absolute atomic E-state index is 13.6. The highest BCUT2D eigenvalue weighted by molar-refractivity contribution is 7.92. The lowest BCUT2D eigenvalue weighted by Gasteiger charge is -2.33. The normalized spacial score (nSPS) is 12.2. The van der Waals surface area contributed by atoms with Crippen molar-refractivity contribution >= 4 is 62.3 Å². The fourth-order valence-corrected chi connectivity index (χ4v) is 5.11. The smallest absolute Gasteiger partial charge is 0.244 e. The van der Waals surface area contributed by atoms with Gasteiger partial charge in [-0.25, -0.2) is 8.42 Å². The molecule has 2 amide bonds. The zero-order valence-electron chi connectivity index (χ0n) is 19.4. The molecule has 0 unspecified atom stereocenters. The third kappa shape index (κ3) is 6.78. The van der Waals surface area contributed by atoms with Crippen molar-refractivity contribution < 1.29 is 18.0 Å². The molecule has 0 aromatic heterocycles. The van der Waals surface area contributed by atoms with E-state index < -0.39 is 28.5 Å². The molecule has 0 bridgehead atoms. The maximum Gasteiger partial charge on any atom is 0.244 e. The number of hydrogen-bond acceptors (Lipinski definition) is 4. The number of rotatable bonds is 10. The minimum atomic E-state index is -3.86. The molecule has 0 aliphatic heterocycles. The molecule has 0 heterocycles. The monoisotopic (exact) mass is 547 g/mol. The Hall–Kier alpha value is -2.00. The van der Waals surface area contributed by atoms with Crippen molar-refractivity contribution in [2.45, 2.75) is 39.8 Å². The number of amides is 2. The van der Waals surface area contributed by atoms with E-state index in [4.69, 9.17) is 34.8 Å². The van der Waals surface area contributed by atoms with Crippen LogP contribution in [0.2, 0.25) is 15.1 Å². The summed E-state index contributed by atoms with van der Waals surface area (Å²) in [5.41, 5.74) is 1.26. The number of likely N-dealkylation sites (N-methyl/N-ethyl adjacent to an activating group) is 1. The van der Waals surface area contributed by atoms with E-state index in [1.807, 2.05) is 0 Å². The molecule has 1 N–H and O–H groups in total. The Labute approximate surface area is 216 Å². The first kappa shape index (κ1) is 28.2. The Morgan fingerprint density at radius 3 is 2.09 bits per heavy atom. The molecule has 2 rings (SSSR count). The first-order valence-corrected chi connectivity index (χ1v) is 13.6. The van der Waals surface area contributed by atoms with E-state index in [0.29, 0.717) is 39.2 Å². The van der Waals surface area contributed by atoms with Crippen molar-refractivity contribution in [2.24, 2.45) is 0 Å². The van der Waals surface area contributed by atoms with Crippen molar-refractivity contribution in [3.63, 3.8) is 0 Å². The van der Waals surface area contributed by atoms with E-state index in [2.05, 4.69) is 5.32 Å². The van der Waals surface area contributed by atoms with Crippen molar-refractivity contribution in [1.82, 2.24) is 10.2 Å². The van der Waals surface area contributed by atoms with Gasteiger partial charge in [0.15, 0.2) is 0 Å². The van der Waals surface area contributed by atoms with Crippen LogP contribution in [-0.2, 0) is 26.2 Å². The number of hydrogen-bond donors (Lipinski definition) is 1. The first-order valence-electron chi connectivity index (χ1n) is 10.6. The van der Waals surface area contributed by atoms with Gasteiger partial charge in [0.2, 0.25) is 21.8 Å². The molecule has 34 heavy (non-hydrogen) atoms. The fourth-order valence-electron chi connectivity index (χ4n) is 3.53. The van der Waals surface area contributed by atoms with Crippen molar-refractivity contribution in [3.05, 3.63) is 62.6 Å². The van der Waals surface area contributed by atoms with Crippen LogP contribution in [0.3, 0.4) is 0 Å². The molecule has 0 aliphatic rings. The molecular weight excluding hydrogens is 521 g/mol. The highest BCUT2D eigenvalue weighted by atomic mass is 35.5. The molecule has 2 aromatic rings. The van der Waals surface area contributed by atoms with Gasteiger partial charge in [-0.3, -0.25) is 13.9 Å². The van der Waals surface area contributed by atoms with E-state index in [-0.39, 0.29) is 18.1 Å². The second-order valence-electron chi connectivity index (χ2n) is 7.69. The number of carbonyl (C=O) groups is 2. The summed E-state index contributed by atoms with van der Waals surface area (Å²) in [5, 5.41) is 3.77. The molecule has 0 saturated heterocycles. The van der Waals surface area contributed by atoms with Gasteiger partial charge in [0, 0.05) is 33.7 Å². The van der Waals surface area contributed by atoms with Crippen LogP contribution < -0.4 is 9.62 Å². The van der Waals surface area contributed by atoms with Crippen LogP contribution in [0.25, 0.3) is 0 Å². The van der Waals surface area contributed by atoms with Crippen LogP contribution in [0.1, 0.15) is 31.4 Å². The number of nitrogens with zero attached hydrogens (tertiary/aromatic N) is 2. The lowest BCUT2D eigenvalue weighted by molar-refractivity contribution is -0.140. The Morgan fingerprint density at radius 2 is 1.56 bits per heavy atom. The number of nitrogens with one attached hydrogen (secondary N) is 1.